The second kappa shape index (κ2) is 4.03. The second-order valence-corrected chi connectivity index (χ2v) is 3.58. The van der Waals surface area contributed by atoms with Crippen molar-refractivity contribution in [3.05, 3.63) is 23.0 Å². The molecule has 1 atom stereocenters. The predicted molar refractivity (Wildman–Crippen MR) is 49.8 cm³/mol. The molecule has 1 unspecified atom stereocenters. The minimum Gasteiger partial charge on any atom is -0.381 e. The van der Waals surface area contributed by atoms with Crippen LogP contribution in [0, 0.1) is 0 Å². The minimum atomic E-state index is 0.401. The molecule has 1 fully saturated rings. The van der Waals surface area contributed by atoms with E-state index in [1.165, 1.54) is 0 Å². The maximum atomic E-state index is 5.65. The Labute approximate surface area is 82.1 Å². The fourth-order valence-electron chi connectivity index (χ4n) is 1.52. The summed E-state index contributed by atoms with van der Waals surface area (Å²) in [6.45, 7) is 1.63. The zero-order valence-electron chi connectivity index (χ0n) is 7.24. The maximum absolute atomic E-state index is 5.65. The molecule has 2 heterocycles. The fourth-order valence-corrected chi connectivity index (χ4v) is 1.62. The van der Waals surface area contributed by atoms with Gasteiger partial charge in [-0.3, -0.25) is 0 Å². The Morgan fingerprint density at radius 2 is 2.31 bits per heavy atom. The molecule has 1 aliphatic heterocycles. The summed E-state index contributed by atoms with van der Waals surface area (Å²) in [5, 5.41) is 8.30. The molecule has 0 aromatic carbocycles. The first-order valence-corrected chi connectivity index (χ1v) is 4.81. The molecule has 0 N–H and O–H groups in total. The van der Waals surface area contributed by atoms with Crippen LogP contribution in [0.3, 0.4) is 0 Å². The third-order valence-electron chi connectivity index (χ3n) is 2.23. The number of hydrogen-bond acceptors (Lipinski definition) is 3. The average Bonchev–Trinajstić information content (AvgIpc) is 2.20. The largest absolute Gasteiger partial charge is 0.381 e. The van der Waals surface area contributed by atoms with Crippen LogP contribution in [-0.4, -0.2) is 23.4 Å². The van der Waals surface area contributed by atoms with Crippen molar-refractivity contribution in [3.8, 4) is 0 Å². The van der Waals surface area contributed by atoms with E-state index in [-0.39, 0.29) is 0 Å². The molecular formula is C9H11ClN2O. The third kappa shape index (κ3) is 2.17. The molecule has 13 heavy (non-hydrogen) atoms. The number of ether oxygens (including phenoxy) is 1. The SMILES string of the molecule is Clc1ccc(C2CCCOC2)nn1. The predicted octanol–water partition coefficient (Wildman–Crippen LogP) is 2.02. The molecule has 1 saturated heterocycles. The average molecular weight is 199 g/mol. The first-order valence-electron chi connectivity index (χ1n) is 4.43. The van der Waals surface area contributed by atoms with Gasteiger partial charge in [0.15, 0.2) is 5.15 Å². The Morgan fingerprint density at radius 3 is 2.92 bits per heavy atom. The van der Waals surface area contributed by atoms with Crippen LogP contribution in [0.2, 0.25) is 5.15 Å². The summed E-state index contributed by atoms with van der Waals surface area (Å²) in [7, 11) is 0. The highest BCUT2D eigenvalue weighted by Crippen LogP contribution is 2.23. The van der Waals surface area contributed by atoms with E-state index < -0.39 is 0 Å². The fraction of sp³-hybridized carbons (Fsp3) is 0.556. The van der Waals surface area contributed by atoms with Crippen LogP contribution in [0.15, 0.2) is 12.1 Å². The van der Waals surface area contributed by atoms with E-state index in [0.29, 0.717) is 11.1 Å². The minimum absolute atomic E-state index is 0.401. The molecule has 0 saturated carbocycles. The summed E-state index contributed by atoms with van der Waals surface area (Å²) in [6.07, 6.45) is 2.24. The van der Waals surface area contributed by atoms with Crippen LogP contribution in [0.5, 0.6) is 0 Å². The zero-order chi connectivity index (χ0) is 9.10. The summed E-state index contributed by atoms with van der Waals surface area (Å²) in [4.78, 5) is 0. The van der Waals surface area contributed by atoms with Crippen molar-refractivity contribution in [2.75, 3.05) is 13.2 Å². The van der Waals surface area contributed by atoms with Crippen LogP contribution in [0.4, 0.5) is 0 Å². The summed E-state index contributed by atoms with van der Waals surface area (Å²) in [5.74, 6) is 0.401. The Morgan fingerprint density at radius 1 is 1.38 bits per heavy atom. The van der Waals surface area contributed by atoms with Crippen molar-refractivity contribution in [2.24, 2.45) is 0 Å². The molecular weight excluding hydrogens is 188 g/mol. The van der Waals surface area contributed by atoms with Gasteiger partial charge in [-0.25, -0.2) is 0 Å². The highest BCUT2D eigenvalue weighted by Gasteiger charge is 2.17. The van der Waals surface area contributed by atoms with Crippen LogP contribution in [0.25, 0.3) is 0 Å². The van der Waals surface area contributed by atoms with Crippen LogP contribution >= 0.6 is 11.6 Å². The van der Waals surface area contributed by atoms with Gasteiger partial charge in [0.05, 0.1) is 12.3 Å². The van der Waals surface area contributed by atoms with Gasteiger partial charge in [0.25, 0.3) is 0 Å². The van der Waals surface area contributed by atoms with E-state index in [1.54, 1.807) is 6.07 Å². The van der Waals surface area contributed by atoms with Crippen molar-refractivity contribution in [1.29, 1.82) is 0 Å². The van der Waals surface area contributed by atoms with Gasteiger partial charge >= 0.3 is 0 Å². The van der Waals surface area contributed by atoms with Gasteiger partial charge in [-0.05, 0) is 25.0 Å². The lowest BCUT2D eigenvalue weighted by molar-refractivity contribution is 0.0790. The molecule has 0 spiro atoms. The summed E-state index contributed by atoms with van der Waals surface area (Å²) >= 11 is 5.65. The van der Waals surface area contributed by atoms with Crippen LogP contribution < -0.4 is 0 Å². The molecule has 4 heteroatoms. The smallest absolute Gasteiger partial charge is 0.151 e. The molecule has 3 nitrogen and oxygen atoms in total. The molecule has 1 aromatic heterocycles. The van der Waals surface area contributed by atoms with E-state index in [0.717, 1.165) is 31.7 Å². The number of rotatable bonds is 1. The van der Waals surface area contributed by atoms with Crippen molar-refractivity contribution in [3.63, 3.8) is 0 Å². The Kier molecular flexibility index (Phi) is 2.76. The number of aromatic nitrogens is 2. The van der Waals surface area contributed by atoms with Crippen molar-refractivity contribution >= 4 is 11.6 Å². The molecule has 0 aliphatic carbocycles. The summed E-state index contributed by atoms with van der Waals surface area (Å²) in [5.41, 5.74) is 0.990. The highest BCUT2D eigenvalue weighted by atomic mass is 35.5. The lowest BCUT2D eigenvalue weighted by Crippen LogP contribution is -2.16. The van der Waals surface area contributed by atoms with E-state index in [9.17, 15) is 0 Å². The maximum Gasteiger partial charge on any atom is 0.151 e. The van der Waals surface area contributed by atoms with Gasteiger partial charge in [-0.2, -0.15) is 5.10 Å². The molecule has 0 radical (unpaired) electrons. The lowest BCUT2D eigenvalue weighted by Gasteiger charge is -2.20. The van der Waals surface area contributed by atoms with E-state index in [4.69, 9.17) is 16.3 Å². The Bertz CT molecular complexity index is 269. The lowest BCUT2D eigenvalue weighted by atomic mass is 9.98. The topological polar surface area (TPSA) is 35.0 Å². The summed E-state index contributed by atoms with van der Waals surface area (Å²) < 4.78 is 5.37. The van der Waals surface area contributed by atoms with E-state index in [2.05, 4.69) is 10.2 Å². The monoisotopic (exact) mass is 198 g/mol. The molecule has 1 aromatic rings. The quantitative estimate of drug-likeness (QED) is 0.693. The number of nitrogens with zero attached hydrogens (tertiary/aromatic N) is 2. The normalized spacial score (nSPS) is 23.0. The molecule has 0 amide bonds. The van der Waals surface area contributed by atoms with Gasteiger partial charge in [0, 0.05) is 12.5 Å². The van der Waals surface area contributed by atoms with Gasteiger partial charge < -0.3 is 4.74 Å². The Balaban J connectivity index is 2.10. The van der Waals surface area contributed by atoms with Gasteiger partial charge in [0.1, 0.15) is 0 Å². The first kappa shape index (κ1) is 8.91. The third-order valence-corrected chi connectivity index (χ3v) is 2.43. The van der Waals surface area contributed by atoms with E-state index in [1.807, 2.05) is 6.07 Å². The van der Waals surface area contributed by atoms with Gasteiger partial charge in [-0.1, -0.05) is 11.6 Å². The van der Waals surface area contributed by atoms with Crippen molar-refractivity contribution in [2.45, 2.75) is 18.8 Å². The van der Waals surface area contributed by atoms with Crippen LogP contribution in [0.1, 0.15) is 24.5 Å². The standard InChI is InChI=1S/C9H11ClN2O/c10-9-4-3-8(11-12-9)7-2-1-5-13-6-7/h3-4,7H,1-2,5-6H2. The van der Waals surface area contributed by atoms with Crippen molar-refractivity contribution in [1.82, 2.24) is 10.2 Å². The molecule has 70 valence electrons. The second-order valence-electron chi connectivity index (χ2n) is 3.19. The highest BCUT2D eigenvalue weighted by molar-refractivity contribution is 6.29. The molecule has 1 aliphatic rings. The number of halogens is 1. The first-order chi connectivity index (χ1) is 6.36. The molecule has 2 rings (SSSR count). The molecule has 0 bridgehead atoms. The van der Waals surface area contributed by atoms with Crippen LogP contribution in [-0.2, 0) is 4.74 Å². The Hall–Kier alpha value is -0.670. The van der Waals surface area contributed by atoms with E-state index >= 15 is 0 Å². The number of hydrogen-bond donors (Lipinski definition) is 0. The summed E-state index contributed by atoms with van der Waals surface area (Å²) in [6, 6.07) is 3.70. The zero-order valence-corrected chi connectivity index (χ0v) is 8.00. The van der Waals surface area contributed by atoms with Gasteiger partial charge in [-0.15, -0.1) is 5.10 Å². The van der Waals surface area contributed by atoms with Crippen molar-refractivity contribution < 1.29 is 4.74 Å². The van der Waals surface area contributed by atoms with Gasteiger partial charge in [0.2, 0.25) is 0 Å².